The predicted octanol–water partition coefficient (Wildman–Crippen LogP) is 1.32. The first kappa shape index (κ1) is 5.74. The lowest BCUT2D eigenvalue weighted by atomic mass is 10.1. The summed E-state index contributed by atoms with van der Waals surface area (Å²) in [7, 11) is 0. The molecule has 2 heteroatoms. The molecule has 1 aromatic carbocycles. The smallest absolute Gasteiger partial charge is 0.112 e. The molecule has 1 aliphatic heterocycles. The lowest BCUT2D eigenvalue weighted by Gasteiger charge is -2.17. The van der Waals surface area contributed by atoms with E-state index in [-0.39, 0.29) is 0 Å². The molecule has 2 N–H and O–H groups in total. The Balaban J connectivity index is 2.41. The van der Waals surface area contributed by atoms with Crippen LogP contribution < -0.4 is 10.6 Å². The SMILES string of the molecule is [CH]1NCc2ccccc2N1. The Morgan fingerprint density at radius 3 is 3.00 bits per heavy atom. The molecule has 0 aliphatic carbocycles. The van der Waals surface area contributed by atoms with Crippen molar-refractivity contribution in [2.24, 2.45) is 0 Å². The number of rotatable bonds is 0. The highest BCUT2D eigenvalue weighted by Crippen LogP contribution is 2.17. The fourth-order valence-corrected chi connectivity index (χ4v) is 1.11. The maximum atomic E-state index is 3.13. The third-order valence-electron chi connectivity index (χ3n) is 1.64. The quantitative estimate of drug-likeness (QED) is 0.557. The zero-order chi connectivity index (χ0) is 6.81. The maximum absolute atomic E-state index is 3.13. The van der Waals surface area contributed by atoms with E-state index in [1.54, 1.807) is 0 Å². The molecule has 0 spiro atoms. The zero-order valence-corrected chi connectivity index (χ0v) is 5.59. The fourth-order valence-electron chi connectivity index (χ4n) is 1.11. The predicted molar refractivity (Wildman–Crippen MR) is 41.2 cm³/mol. The van der Waals surface area contributed by atoms with Gasteiger partial charge in [0.2, 0.25) is 0 Å². The molecule has 1 aliphatic rings. The van der Waals surface area contributed by atoms with Gasteiger partial charge in [0.1, 0.15) is 6.67 Å². The van der Waals surface area contributed by atoms with Crippen molar-refractivity contribution < 1.29 is 0 Å². The second-order valence-corrected chi connectivity index (χ2v) is 2.33. The van der Waals surface area contributed by atoms with Crippen molar-refractivity contribution in [1.29, 1.82) is 0 Å². The molecule has 0 aromatic heterocycles. The topological polar surface area (TPSA) is 24.1 Å². The van der Waals surface area contributed by atoms with E-state index in [1.807, 2.05) is 18.8 Å². The third-order valence-corrected chi connectivity index (χ3v) is 1.64. The number of anilines is 1. The molecule has 1 aromatic rings. The molecule has 0 fully saturated rings. The van der Waals surface area contributed by atoms with E-state index < -0.39 is 0 Å². The van der Waals surface area contributed by atoms with Crippen molar-refractivity contribution in [3.63, 3.8) is 0 Å². The summed E-state index contributed by atoms with van der Waals surface area (Å²) < 4.78 is 0. The second-order valence-electron chi connectivity index (χ2n) is 2.33. The van der Waals surface area contributed by atoms with Crippen LogP contribution in [0.4, 0.5) is 5.69 Å². The van der Waals surface area contributed by atoms with Crippen LogP contribution in [0.1, 0.15) is 5.56 Å². The van der Waals surface area contributed by atoms with Crippen LogP contribution in [0.25, 0.3) is 0 Å². The zero-order valence-electron chi connectivity index (χ0n) is 5.59. The Morgan fingerprint density at radius 2 is 2.10 bits per heavy atom. The summed E-state index contributed by atoms with van der Waals surface area (Å²) in [6.45, 7) is 2.80. The summed E-state index contributed by atoms with van der Waals surface area (Å²) in [5.74, 6) is 0. The molecule has 0 unspecified atom stereocenters. The molecule has 0 saturated heterocycles. The van der Waals surface area contributed by atoms with Gasteiger partial charge < -0.3 is 5.32 Å². The van der Waals surface area contributed by atoms with Gasteiger partial charge in [0.05, 0.1) is 0 Å². The van der Waals surface area contributed by atoms with Crippen molar-refractivity contribution in [3.05, 3.63) is 36.5 Å². The molecular formula is C8H9N2. The third kappa shape index (κ3) is 0.866. The highest BCUT2D eigenvalue weighted by Gasteiger charge is 2.04. The number of benzene rings is 1. The number of para-hydroxylation sites is 1. The monoisotopic (exact) mass is 133 g/mol. The molecule has 1 radical (unpaired) electrons. The molecule has 0 bridgehead atoms. The molecule has 1 heterocycles. The van der Waals surface area contributed by atoms with E-state index in [4.69, 9.17) is 0 Å². The van der Waals surface area contributed by atoms with Gasteiger partial charge in [-0.3, -0.25) is 5.32 Å². The van der Waals surface area contributed by atoms with Gasteiger partial charge >= 0.3 is 0 Å². The molecule has 0 saturated carbocycles. The van der Waals surface area contributed by atoms with Gasteiger partial charge in [-0.2, -0.15) is 0 Å². The summed E-state index contributed by atoms with van der Waals surface area (Å²) >= 11 is 0. The van der Waals surface area contributed by atoms with Gasteiger partial charge in [-0.1, -0.05) is 18.2 Å². The van der Waals surface area contributed by atoms with Gasteiger partial charge in [0.25, 0.3) is 0 Å². The van der Waals surface area contributed by atoms with Gasteiger partial charge in [0.15, 0.2) is 0 Å². The summed E-state index contributed by atoms with van der Waals surface area (Å²) in [4.78, 5) is 0. The first-order valence-corrected chi connectivity index (χ1v) is 3.36. The van der Waals surface area contributed by atoms with Crippen molar-refractivity contribution in [1.82, 2.24) is 5.32 Å². The summed E-state index contributed by atoms with van der Waals surface area (Å²) in [5, 5.41) is 6.23. The van der Waals surface area contributed by atoms with Crippen LogP contribution in [-0.4, -0.2) is 0 Å². The number of fused-ring (bicyclic) bond motifs is 1. The van der Waals surface area contributed by atoms with Gasteiger partial charge in [0, 0.05) is 12.2 Å². The standard InChI is InChI=1S/C8H9N2/c1-2-4-8-7(3-1)5-9-6-10-8/h1-4,6,9-10H,5H2. The van der Waals surface area contributed by atoms with Crippen molar-refractivity contribution in [2.45, 2.75) is 6.54 Å². The Labute approximate surface area is 60.3 Å². The Bertz CT molecular complexity index is 207. The van der Waals surface area contributed by atoms with Gasteiger partial charge in [-0.25, -0.2) is 0 Å². The van der Waals surface area contributed by atoms with Crippen LogP contribution in [0.5, 0.6) is 0 Å². The lowest BCUT2D eigenvalue weighted by Crippen LogP contribution is -2.21. The van der Waals surface area contributed by atoms with Crippen molar-refractivity contribution >= 4 is 5.69 Å². The molecular weight excluding hydrogens is 124 g/mol. The van der Waals surface area contributed by atoms with E-state index in [9.17, 15) is 0 Å². The Kier molecular flexibility index (Phi) is 1.32. The lowest BCUT2D eigenvalue weighted by molar-refractivity contribution is 0.786. The minimum absolute atomic E-state index is 0.934. The van der Waals surface area contributed by atoms with Crippen LogP contribution in [-0.2, 0) is 6.54 Å². The number of nitrogens with one attached hydrogen (secondary N) is 2. The van der Waals surface area contributed by atoms with Crippen molar-refractivity contribution in [3.8, 4) is 0 Å². The molecule has 0 amide bonds. The molecule has 2 rings (SSSR count). The van der Waals surface area contributed by atoms with Gasteiger partial charge in [-0.05, 0) is 11.6 Å². The van der Waals surface area contributed by atoms with Crippen LogP contribution in [0.2, 0.25) is 0 Å². The normalized spacial score (nSPS) is 15.6. The molecule has 2 nitrogen and oxygen atoms in total. The summed E-state index contributed by atoms with van der Waals surface area (Å²) in [6, 6.07) is 8.27. The largest absolute Gasteiger partial charge is 0.367 e. The van der Waals surface area contributed by atoms with E-state index in [2.05, 4.69) is 22.8 Å². The number of hydrogen-bond donors (Lipinski definition) is 2. The minimum atomic E-state index is 0.934. The van der Waals surface area contributed by atoms with Gasteiger partial charge in [-0.15, -0.1) is 0 Å². The molecule has 51 valence electrons. The highest BCUT2D eigenvalue weighted by atomic mass is 15.1. The number of hydrogen-bond acceptors (Lipinski definition) is 2. The van der Waals surface area contributed by atoms with Crippen molar-refractivity contribution in [2.75, 3.05) is 5.32 Å². The van der Waals surface area contributed by atoms with E-state index >= 15 is 0 Å². The second kappa shape index (κ2) is 2.31. The van der Waals surface area contributed by atoms with Crippen LogP contribution in [0.3, 0.4) is 0 Å². The van der Waals surface area contributed by atoms with E-state index in [0.29, 0.717) is 0 Å². The fraction of sp³-hybridized carbons (Fsp3) is 0.125. The average molecular weight is 133 g/mol. The Morgan fingerprint density at radius 1 is 1.20 bits per heavy atom. The van der Waals surface area contributed by atoms with Crippen LogP contribution in [0.15, 0.2) is 24.3 Å². The first-order chi connectivity index (χ1) is 4.97. The Hall–Kier alpha value is -1.02. The van der Waals surface area contributed by atoms with Crippen LogP contribution >= 0.6 is 0 Å². The highest BCUT2D eigenvalue weighted by molar-refractivity contribution is 5.53. The summed E-state index contributed by atoms with van der Waals surface area (Å²) in [5.41, 5.74) is 2.53. The van der Waals surface area contributed by atoms with E-state index in [0.717, 1.165) is 6.54 Å². The average Bonchev–Trinajstić information content (AvgIpc) is 2.05. The first-order valence-electron chi connectivity index (χ1n) is 3.36. The van der Waals surface area contributed by atoms with E-state index in [1.165, 1.54) is 11.3 Å². The molecule has 0 atom stereocenters. The van der Waals surface area contributed by atoms with Crippen LogP contribution in [0, 0.1) is 6.67 Å². The minimum Gasteiger partial charge on any atom is -0.367 e. The maximum Gasteiger partial charge on any atom is 0.112 e. The summed E-state index contributed by atoms with van der Waals surface area (Å²) in [6.07, 6.45) is 0. The molecule has 10 heavy (non-hydrogen) atoms.